The first kappa shape index (κ1) is 46.9. The lowest BCUT2D eigenvalue weighted by Gasteiger charge is -2.36. The summed E-state index contributed by atoms with van der Waals surface area (Å²) < 4.78 is 0. The lowest BCUT2D eigenvalue weighted by molar-refractivity contribution is -0.128. The van der Waals surface area contributed by atoms with Gasteiger partial charge in [0, 0.05) is 32.4 Å². The second-order valence-corrected chi connectivity index (χ2v) is 15.7. The predicted octanol–water partition coefficient (Wildman–Crippen LogP) is 11.5. The smallest absolute Gasteiger partial charge is 0.222 e. The molecule has 2 amide bonds. The summed E-state index contributed by atoms with van der Waals surface area (Å²) in [4.78, 5) is 25.8. The normalized spacial score (nSPS) is 11.9. The molecule has 286 valence electrons. The van der Waals surface area contributed by atoms with Gasteiger partial charge in [0.1, 0.15) is 0 Å². The summed E-state index contributed by atoms with van der Waals surface area (Å²) >= 11 is 0. The molecule has 0 radical (unpaired) electrons. The molecule has 0 unspecified atom stereocenters. The Kier molecular flexibility index (Phi) is 33.5. The Morgan fingerprint density at radius 1 is 0.479 bits per heavy atom. The minimum Gasteiger partial charge on any atom is -0.396 e. The summed E-state index contributed by atoms with van der Waals surface area (Å²) in [6.07, 6.45) is 35.5. The first-order chi connectivity index (χ1) is 23.2. The first-order valence-electron chi connectivity index (χ1n) is 21.2. The molecule has 0 bridgehead atoms. The van der Waals surface area contributed by atoms with Gasteiger partial charge in [-0.15, -0.1) is 0 Å². The first-order valence-corrected chi connectivity index (χ1v) is 21.2. The van der Waals surface area contributed by atoms with Gasteiger partial charge < -0.3 is 15.7 Å². The maximum absolute atomic E-state index is 12.9. The summed E-state index contributed by atoms with van der Waals surface area (Å²) in [5, 5.41) is 18.8. The topological polar surface area (TPSA) is 90.5 Å². The van der Waals surface area contributed by atoms with Crippen LogP contribution in [0.5, 0.6) is 0 Å². The molecule has 0 aliphatic heterocycles. The van der Waals surface area contributed by atoms with Crippen LogP contribution < -0.4 is 16.0 Å². The quantitative estimate of drug-likeness (QED) is 0.0388. The van der Waals surface area contributed by atoms with Crippen molar-refractivity contribution in [1.82, 2.24) is 16.0 Å². The molecule has 0 aromatic heterocycles. The van der Waals surface area contributed by atoms with Crippen molar-refractivity contribution in [2.45, 2.75) is 233 Å². The monoisotopic (exact) mass is 680 g/mol. The van der Waals surface area contributed by atoms with E-state index in [1.54, 1.807) is 0 Å². The number of hydrogen-bond donors (Lipinski definition) is 4. The summed E-state index contributed by atoms with van der Waals surface area (Å²) in [6, 6.07) is 0. The molecule has 6 heteroatoms. The number of aliphatic hydroxyl groups is 1. The van der Waals surface area contributed by atoms with Crippen molar-refractivity contribution in [3.05, 3.63) is 0 Å². The zero-order valence-corrected chi connectivity index (χ0v) is 33.0. The Labute approximate surface area is 299 Å². The van der Waals surface area contributed by atoms with Crippen molar-refractivity contribution >= 4 is 11.8 Å². The van der Waals surface area contributed by atoms with Crippen molar-refractivity contribution in [3.63, 3.8) is 0 Å². The molecule has 0 saturated carbocycles. The van der Waals surface area contributed by atoms with E-state index in [4.69, 9.17) is 0 Å². The average molecular weight is 680 g/mol. The van der Waals surface area contributed by atoms with E-state index in [9.17, 15) is 14.7 Å². The fraction of sp³-hybridized carbons (Fsp3) is 0.952. The maximum atomic E-state index is 12.9. The van der Waals surface area contributed by atoms with Crippen LogP contribution in [-0.2, 0) is 9.59 Å². The van der Waals surface area contributed by atoms with Crippen molar-refractivity contribution in [2.75, 3.05) is 13.2 Å². The third-order valence-electron chi connectivity index (χ3n) is 9.87. The van der Waals surface area contributed by atoms with Gasteiger partial charge >= 0.3 is 0 Å². The molecule has 0 aliphatic rings. The Bertz CT molecular complexity index is 662. The third-order valence-corrected chi connectivity index (χ3v) is 9.87. The molecule has 0 rings (SSSR count). The van der Waals surface area contributed by atoms with Gasteiger partial charge in [-0.1, -0.05) is 189 Å². The van der Waals surface area contributed by atoms with E-state index in [0.717, 1.165) is 37.5 Å². The SMILES string of the molecule is CCC(NCCCO)(NC(=O)CCCCCCCCCCCCCCC(C)C)NC(=O)CCCCCCCCCCCCCCC(C)C. The Morgan fingerprint density at radius 3 is 1.04 bits per heavy atom. The van der Waals surface area contributed by atoms with Crippen molar-refractivity contribution in [3.8, 4) is 0 Å². The maximum Gasteiger partial charge on any atom is 0.222 e. The number of rotatable bonds is 37. The lowest BCUT2D eigenvalue weighted by atomic mass is 10.0. The highest BCUT2D eigenvalue weighted by atomic mass is 16.3. The van der Waals surface area contributed by atoms with Crippen molar-refractivity contribution in [1.29, 1.82) is 0 Å². The Hall–Kier alpha value is -1.14. The van der Waals surface area contributed by atoms with Gasteiger partial charge in [0.25, 0.3) is 0 Å². The molecule has 0 fully saturated rings. The van der Waals surface area contributed by atoms with E-state index < -0.39 is 5.79 Å². The van der Waals surface area contributed by atoms with Crippen LogP contribution >= 0.6 is 0 Å². The second kappa shape index (κ2) is 34.3. The number of amides is 2. The lowest BCUT2D eigenvalue weighted by Crippen LogP contribution is -2.69. The number of hydrogen-bond acceptors (Lipinski definition) is 4. The largest absolute Gasteiger partial charge is 0.396 e. The minimum atomic E-state index is -0.952. The van der Waals surface area contributed by atoms with Crippen LogP contribution in [-0.4, -0.2) is 35.9 Å². The molecule has 4 N–H and O–H groups in total. The zero-order chi connectivity index (χ0) is 35.6. The summed E-state index contributed by atoms with van der Waals surface area (Å²) in [7, 11) is 0. The van der Waals surface area contributed by atoms with Crippen LogP contribution in [0.1, 0.15) is 227 Å². The van der Waals surface area contributed by atoms with Gasteiger partial charge in [-0.25, -0.2) is 0 Å². The van der Waals surface area contributed by atoms with Gasteiger partial charge in [-0.3, -0.25) is 14.9 Å². The number of carbonyl (C=O) groups excluding carboxylic acids is 2. The molecular weight excluding hydrogens is 594 g/mol. The van der Waals surface area contributed by atoms with E-state index in [-0.39, 0.29) is 18.4 Å². The molecule has 0 heterocycles. The predicted molar refractivity (Wildman–Crippen MR) is 208 cm³/mol. The average Bonchev–Trinajstić information content (AvgIpc) is 3.04. The van der Waals surface area contributed by atoms with E-state index in [0.29, 0.717) is 32.2 Å². The van der Waals surface area contributed by atoms with Crippen LogP contribution in [0.3, 0.4) is 0 Å². The molecule has 0 aromatic rings. The Balaban J connectivity index is 4.07. The Morgan fingerprint density at radius 2 is 0.771 bits per heavy atom. The highest BCUT2D eigenvalue weighted by molar-refractivity contribution is 5.80. The zero-order valence-electron chi connectivity index (χ0n) is 33.0. The summed E-state index contributed by atoms with van der Waals surface area (Å²) in [5.74, 6) is 0.691. The molecule has 0 aliphatic carbocycles. The molecular formula is C42H85N3O3. The fourth-order valence-electron chi connectivity index (χ4n) is 6.62. The summed E-state index contributed by atoms with van der Waals surface area (Å²) in [5.41, 5.74) is 0. The molecule has 0 atom stereocenters. The van der Waals surface area contributed by atoms with Gasteiger partial charge in [0.05, 0.1) is 0 Å². The highest BCUT2D eigenvalue weighted by Crippen LogP contribution is 2.16. The number of carbonyl (C=O) groups is 2. The van der Waals surface area contributed by atoms with Crippen LogP contribution in [0.4, 0.5) is 0 Å². The van der Waals surface area contributed by atoms with Gasteiger partial charge in [-0.2, -0.15) is 0 Å². The standard InChI is InChI=1S/C42H85N3O3/c1-6-42(43-36-31-37-46,44-40(47)34-29-25-21-17-13-9-7-11-15-19-23-27-32-38(2)3)45-41(48)35-30-26-22-18-14-10-8-12-16-20-24-28-33-39(4)5/h38-39,43,46H,6-37H2,1-5H3,(H,44,47)(H,45,48). The molecule has 0 aromatic carbocycles. The highest BCUT2D eigenvalue weighted by Gasteiger charge is 2.30. The third kappa shape index (κ3) is 32.1. The number of nitrogens with one attached hydrogen (secondary N) is 3. The molecule has 0 saturated heterocycles. The molecule has 48 heavy (non-hydrogen) atoms. The van der Waals surface area contributed by atoms with E-state index >= 15 is 0 Å². The number of unbranched alkanes of at least 4 members (excludes halogenated alkanes) is 22. The second-order valence-electron chi connectivity index (χ2n) is 15.7. The van der Waals surface area contributed by atoms with Crippen LogP contribution in [0, 0.1) is 11.8 Å². The van der Waals surface area contributed by atoms with E-state index in [1.165, 1.54) is 141 Å². The van der Waals surface area contributed by atoms with Crippen LogP contribution in [0.25, 0.3) is 0 Å². The van der Waals surface area contributed by atoms with Gasteiger partial charge in [0.2, 0.25) is 11.8 Å². The molecule has 0 spiro atoms. The summed E-state index contributed by atoms with van der Waals surface area (Å²) in [6.45, 7) is 11.8. The van der Waals surface area contributed by atoms with E-state index in [1.807, 2.05) is 6.92 Å². The minimum absolute atomic E-state index is 0.0202. The molecule has 6 nitrogen and oxygen atoms in total. The van der Waals surface area contributed by atoms with Gasteiger partial charge in [0.15, 0.2) is 5.79 Å². The fourth-order valence-corrected chi connectivity index (χ4v) is 6.62. The van der Waals surface area contributed by atoms with Crippen LogP contribution in [0.15, 0.2) is 0 Å². The van der Waals surface area contributed by atoms with E-state index in [2.05, 4.69) is 43.6 Å². The van der Waals surface area contributed by atoms with Gasteiger partial charge in [-0.05, 0) is 31.1 Å². The van der Waals surface area contributed by atoms with Crippen molar-refractivity contribution in [2.24, 2.45) is 11.8 Å². The van der Waals surface area contributed by atoms with Crippen LogP contribution in [0.2, 0.25) is 0 Å². The number of aliphatic hydroxyl groups excluding tert-OH is 1. The van der Waals surface area contributed by atoms with Crippen molar-refractivity contribution < 1.29 is 14.7 Å².